The van der Waals surface area contributed by atoms with Gasteiger partial charge in [-0.05, 0) is 107 Å². The zero-order chi connectivity index (χ0) is 25.3. The van der Waals surface area contributed by atoms with Crippen molar-refractivity contribution in [3.63, 3.8) is 0 Å². The number of nitriles is 1. The van der Waals surface area contributed by atoms with Crippen molar-refractivity contribution in [1.82, 2.24) is 4.90 Å². The lowest BCUT2D eigenvalue weighted by Crippen LogP contribution is -2.52. The molecule has 4 nitrogen and oxygen atoms in total. The molecular weight excluding hydrogens is 442 g/mol. The highest BCUT2D eigenvalue weighted by Crippen LogP contribution is 2.39. The fourth-order valence-electron chi connectivity index (χ4n) is 7.27. The largest absolute Gasteiger partial charge is 0.462 e. The van der Waals surface area contributed by atoms with E-state index in [4.69, 9.17) is 11.3 Å². The van der Waals surface area contributed by atoms with Crippen LogP contribution in [-0.2, 0) is 4.74 Å². The minimum atomic E-state index is 0.121. The lowest BCUT2D eigenvalue weighted by atomic mass is 9.78. The van der Waals surface area contributed by atoms with Gasteiger partial charge < -0.3 is 4.74 Å². The van der Waals surface area contributed by atoms with Gasteiger partial charge in [-0.15, -0.1) is 0 Å². The van der Waals surface area contributed by atoms with Gasteiger partial charge in [-0.2, -0.15) is 0 Å². The van der Waals surface area contributed by atoms with Gasteiger partial charge in [0.1, 0.15) is 11.5 Å². The highest BCUT2D eigenvalue weighted by Gasteiger charge is 2.36. The molecule has 4 rings (SSSR count). The third kappa shape index (κ3) is 6.92. The van der Waals surface area contributed by atoms with Gasteiger partial charge in [-0.25, -0.2) is 10.1 Å². The first kappa shape index (κ1) is 26.8. The Hall–Kier alpha value is -2.30. The molecule has 3 fully saturated rings. The van der Waals surface area contributed by atoms with Crippen molar-refractivity contribution >= 4 is 0 Å². The molecule has 0 amide bonds. The van der Waals surface area contributed by atoms with E-state index in [1.807, 2.05) is 19.1 Å². The molecule has 0 saturated heterocycles. The maximum Gasteiger partial charge on any atom is 0.269 e. The van der Waals surface area contributed by atoms with Gasteiger partial charge in [-0.1, -0.05) is 45.1 Å². The molecule has 0 aromatic rings. The van der Waals surface area contributed by atoms with E-state index in [1.165, 1.54) is 96.3 Å². The van der Waals surface area contributed by atoms with Crippen LogP contribution in [0.4, 0.5) is 0 Å². The normalized spacial score (nSPS) is 31.2. The number of hydrogen-bond acceptors (Lipinski definition) is 3. The fraction of sp³-hybridized carbons (Fsp3) is 0.688. The molecule has 0 bridgehead atoms. The average Bonchev–Trinajstić information content (AvgIpc) is 2.91. The van der Waals surface area contributed by atoms with E-state index in [-0.39, 0.29) is 5.70 Å². The van der Waals surface area contributed by atoms with Crippen LogP contribution in [0.15, 0.2) is 47.1 Å². The van der Waals surface area contributed by atoms with Gasteiger partial charge in [0.25, 0.3) is 5.70 Å². The zero-order valence-electron chi connectivity index (χ0n) is 22.6. The Morgan fingerprint density at radius 3 is 2.25 bits per heavy atom. The molecule has 4 heteroatoms. The van der Waals surface area contributed by atoms with Crippen molar-refractivity contribution in [2.24, 2.45) is 11.8 Å². The molecule has 1 heterocycles. The predicted octanol–water partition coefficient (Wildman–Crippen LogP) is 8.61. The monoisotopic (exact) mass is 487 g/mol. The zero-order valence-corrected chi connectivity index (χ0v) is 22.6. The average molecular weight is 488 g/mol. The summed E-state index contributed by atoms with van der Waals surface area (Å²) in [5.41, 5.74) is 0.770. The quantitative estimate of drug-likeness (QED) is 0.266. The summed E-state index contributed by atoms with van der Waals surface area (Å²) in [6, 6.07) is 4.39. The van der Waals surface area contributed by atoms with Crippen molar-refractivity contribution in [1.29, 1.82) is 5.26 Å². The summed E-state index contributed by atoms with van der Waals surface area (Å²) >= 11 is 0. The summed E-state index contributed by atoms with van der Waals surface area (Å²) in [7, 11) is 0. The van der Waals surface area contributed by atoms with Crippen LogP contribution in [-0.4, -0.2) is 23.0 Å². The molecule has 1 aliphatic heterocycles. The highest BCUT2D eigenvalue weighted by atomic mass is 16.5. The molecule has 0 unspecified atom stereocenters. The summed E-state index contributed by atoms with van der Waals surface area (Å²) in [5, 5.41) is 9.24. The predicted molar refractivity (Wildman–Crippen MR) is 146 cm³/mol. The van der Waals surface area contributed by atoms with E-state index < -0.39 is 0 Å². The molecule has 0 N–H and O–H groups in total. The second-order valence-corrected chi connectivity index (χ2v) is 11.6. The number of hydrogen-bond donors (Lipinski definition) is 0. The van der Waals surface area contributed by atoms with Gasteiger partial charge in [0.15, 0.2) is 0 Å². The van der Waals surface area contributed by atoms with Crippen LogP contribution in [0.2, 0.25) is 0 Å². The molecule has 3 saturated carbocycles. The molecule has 0 spiro atoms. The van der Waals surface area contributed by atoms with Gasteiger partial charge in [0.05, 0.1) is 12.6 Å². The molecule has 36 heavy (non-hydrogen) atoms. The Balaban J connectivity index is 1.37. The molecule has 0 atom stereocenters. The molecular formula is C32H45N3O. The smallest absolute Gasteiger partial charge is 0.269 e. The topological polar surface area (TPSA) is 40.6 Å². The third-order valence-electron chi connectivity index (χ3n) is 9.05. The summed E-state index contributed by atoms with van der Waals surface area (Å²) in [6.45, 7) is 11.5. The Morgan fingerprint density at radius 2 is 1.64 bits per heavy atom. The maximum atomic E-state index is 9.24. The van der Waals surface area contributed by atoms with E-state index in [1.54, 1.807) is 6.08 Å². The van der Waals surface area contributed by atoms with Crippen LogP contribution in [0, 0.1) is 29.7 Å². The van der Waals surface area contributed by atoms with Gasteiger partial charge in [0.2, 0.25) is 0 Å². The van der Waals surface area contributed by atoms with Crippen LogP contribution < -0.4 is 0 Å². The maximum absolute atomic E-state index is 9.24. The van der Waals surface area contributed by atoms with Crippen molar-refractivity contribution in [2.45, 2.75) is 128 Å². The highest BCUT2D eigenvalue weighted by molar-refractivity contribution is 5.49. The van der Waals surface area contributed by atoms with E-state index in [9.17, 15) is 5.26 Å². The number of nitrogens with zero attached hydrogens (tertiary/aromatic N) is 3. The molecule has 4 aliphatic rings. The van der Waals surface area contributed by atoms with Crippen LogP contribution in [0.1, 0.15) is 110 Å². The van der Waals surface area contributed by atoms with Gasteiger partial charge in [-0.3, -0.25) is 4.90 Å². The summed E-state index contributed by atoms with van der Waals surface area (Å²) in [4.78, 5) is 6.42. The lowest BCUT2D eigenvalue weighted by Gasteiger charge is -2.49. The third-order valence-corrected chi connectivity index (χ3v) is 9.05. The second kappa shape index (κ2) is 13.3. The first-order valence-corrected chi connectivity index (χ1v) is 14.7. The van der Waals surface area contributed by atoms with Crippen LogP contribution >= 0.6 is 0 Å². The van der Waals surface area contributed by atoms with E-state index in [0.29, 0.717) is 11.5 Å². The van der Waals surface area contributed by atoms with Crippen molar-refractivity contribution < 1.29 is 4.74 Å². The Morgan fingerprint density at radius 1 is 1.00 bits per heavy atom. The van der Waals surface area contributed by atoms with Crippen LogP contribution in [0.25, 0.3) is 4.85 Å². The van der Waals surface area contributed by atoms with E-state index >= 15 is 0 Å². The summed E-state index contributed by atoms with van der Waals surface area (Å²) in [5.74, 6) is 3.01. The number of ether oxygens (including phenoxy) is 1. The molecule has 3 aliphatic carbocycles. The minimum Gasteiger partial charge on any atom is -0.462 e. The summed E-state index contributed by atoms with van der Waals surface area (Å²) in [6.07, 6.45) is 28.7. The first-order valence-electron chi connectivity index (χ1n) is 14.7. The van der Waals surface area contributed by atoms with E-state index in [2.05, 4.69) is 28.8 Å². The lowest BCUT2D eigenvalue weighted by molar-refractivity contribution is 0.0114. The van der Waals surface area contributed by atoms with Crippen molar-refractivity contribution in [3.05, 3.63) is 58.5 Å². The van der Waals surface area contributed by atoms with E-state index in [0.717, 1.165) is 35.6 Å². The number of rotatable bonds is 7. The molecule has 194 valence electrons. The Kier molecular flexibility index (Phi) is 9.89. The Labute approximate surface area is 219 Å². The van der Waals surface area contributed by atoms with Gasteiger partial charge >= 0.3 is 0 Å². The summed E-state index contributed by atoms with van der Waals surface area (Å²) < 4.78 is 5.87. The second-order valence-electron chi connectivity index (χ2n) is 11.6. The van der Waals surface area contributed by atoms with Crippen LogP contribution in [0.5, 0.6) is 0 Å². The molecule has 0 aromatic heterocycles. The van der Waals surface area contributed by atoms with Gasteiger partial charge in [0, 0.05) is 18.1 Å². The number of allylic oxidation sites excluding steroid dienone is 7. The standard InChI is InChI=1S/C32H45N3O/c1-4-8-25-11-16-29(17-12-25)35(28-9-6-5-7-10-28)30-18-13-26(14-19-30)15-20-31-22-27(21-24(2)36-31)32(23-33)34-3/h15,20-22,25-26,28-30H,4-14,16-19H2,1-2H3/b20-15+,32-27-. The molecule has 0 aromatic carbocycles. The SMILES string of the molecule is [C-]#[N+]/C(C#N)=C1/C=C(C)OC(/C=C/C2CCC(N(C3CCCCC3)C3CCC(CCC)CC3)CC2)=C1. The minimum absolute atomic E-state index is 0.121. The molecule has 0 radical (unpaired) electrons. The fourth-order valence-corrected chi connectivity index (χ4v) is 7.27. The van der Waals surface area contributed by atoms with Crippen molar-refractivity contribution in [2.75, 3.05) is 0 Å². The van der Waals surface area contributed by atoms with Crippen LogP contribution in [0.3, 0.4) is 0 Å². The first-order chi connectivity index (χ1) is 17.6. The van der Waals surface area contributed by atoms with Crippen molar-refractivity contribution in [3.8, 4) is 6.07 Å². The Bertz CT molecular complexity index is 921.